The van der Waals surface area contributed by atoms with Crippen molar-refractivity contribution in [2.24, 2.45) is 28.6 Å². The third-order valence-electron chi connectivity index (χ3n) is 10.6. The lowest BCUT2D eigenvalue weighted by Crippen LogP contribution is -2.62. The lowest BCUT2D eigenvalue weighted by molar-refractivity contribution is -0.184. The maximum Gasteiger partial charge on any atom is 0.306 e. The van der Waals surface area contributed by atoms with Gasteiger partial charge in [0.15, 0.2) is 12.4 Å². The van der Waals surface area contributed by atoms with Crippen LogP contribution in [0.15, 0.2) is 36.2 Å². The van der Waals surface area contributed by atoms with Gasteiger partial charge in [0.25, 0.3) is 0 Å². The molecule has 3 fully saturated rings. The molecule has 1 amide bonds. The number of fused-ring (bicyclic) bond motifs is 5. The normalized spacial score (nSPS) is 36.5. The molecule has 0 spiro atoms. The van der Waals surface area contributed by atoms with Gasteiger partial charge in [0.05, 0.1) is 12.5 Å². The van der Waals surface area contributed by atoms with E-state index in [1.807, 2.05) is 13.0 Å². The molecule has 0 radical (unpaired) electrons. The summed E-state index contributed by atoms with van der Waals surface area (Å²) in [5.74, 6) is -1.22. The predicted molar refractivity (Wildman–Crippen MR) is 144 cm³/mol. The number of aliphatic hydroxyl groups excluding tert-OH is 1. The van der Waals surface area contributed by atoms with E-state index >= 15 is 0 Å². The largest absolute Gasteiger partial charge is 0.458 e. The number of nitrogens with one attached hydrogen (secondary N) is 1. The maximum atomic E-state index is 13.4. The fourth-order valence-corrected chi connectivity index (χ4v) is 8.50. The number of ketones is 2. The summed E-state index contributed by atoms with van der Waals surface area (Å²) in [7, 11) is 0. The van der Waals surface area contributed by atoms with Crippen LogP contribution in [-0.2, 0) is 30.5 Å². The summed E-state index contributed by atoms with van der Waals surface area (Å²) in [5, 5.41) is 26.0. The quantitative estimate of drug-likeness (QED) is 0.418. The number of amides is 1. The van der Waals surface area contributed by atoms with Gasteiger partial charge in [0.2, 0.25) is 11.7 Å². The molecule has 3 saturated carbocycles. The zero-order valence-corrected chi connectivity index (χ0v) is 23.4. The van der Waals surface area contributed by atoms with E-state index in [-0.39, 0.29) is 60.5 Å². The first-order valence-corrected chi connectivity index (χ1v) is 14.5. The number of hydrogen-bond donors (Lipinski definition) is 3. The SMILES string of the molecule is C[C@]12CCC(=O)C=C1CC[C@H]1[C@H]2[C@@H](O)C[C@@]2(C)[C@H]1CC[C@]2(O)C(=O)COC(=O)CCC(=O)NCc1cccnc1. The number of ether oxygens (including phenoxy) is 1. The van der Waals surface area contributed by atoms with Gasteiger partial charge in [-0.2, -0.15) is 0 Å². The van der Waals surface area contributed by atoms with Crippen molar-refractivity contribution in [3.05, 3.63) is 41.7 Å². The highest BCUT2D eigenvalue weighted by atomic mass is 16.5. The number of aliphatic hydroxyl groups is 2. The molecule has 216 valence electrons. The standard InChI is InChI=1S/C31H40N2O7/c1-29-11-9-21(34)14-20(29)5-6-22-23-10-12-31(39,30(23,2)15-24(35)28(22)29)25(36)18-40-27(38)8-7-26(37)33-17-19-4-3-13-32-16-19/h3-4,13-14,16,22-24,28,35,39H,5-12,15,17-18H2,1-2H3,(H,33,37)/t22-,23+,24+,28+,29+,30+,31+/m1/s1. The average Bonchev–Trinajstić information content (AvgIpc) is 3.20. The second-order valence-corrected chi connectivity index (χ2v) is 12.7. The number of rotatable bonds is 8. The monoisotopic (exact) mass is 552 g/mol. The molecular formula is C31H40N2O7. The van der Waals surface area contributed by atoms with Gasteiger partial charge in [-0.1, -0.05) is 25.5 Å². The van der Waals surface area contributed by atoms with Crippen LogP contribution in [0.3, 0.4) is 0 Å². The number of nitrogens with zero attached hydrogens (tertiary/aromatic N) is 1. The lowest BCUT2D eigenvalue weighted by Gasteiger charge is -2.60. The summed E-state index contributed by atoms with van der Waals surface area (Å²) < 4.78 is 5.21. The summed E-state index contributed by atoms with van der Waals surface area (Å²) in [6.45, 7) is 3.80. The first-order chi connectivity index (χ1) is 19.0. The minimum Gasteiger partial charge on any atom is -0.458 e. The van der Waals surface area contributed by atoms with E-state index in [2.05, 4.69) is 17.2 Å². The van der Waals surface area contributed by atoms with Crippen molar-refractivity contribution >= 4 is 23.4 Å². The van der Waals surface area contributed by atoms with Crippen LogP contribution in [0.1, 0.15) is 77.2 Å². The highest BCUT2D eigenvalue weighted by molar-refractivity contribution is 5.92. The van der Waals surface area contributed by atoms with Crippen molar-refractivity contribution in [2.75, 3.05) is 6.61 Å². The molecule has 9 nitrogen and oxygen atoms in total. The topological polar surface area (TPSA) is 143 Å². The summed E-state index contributed by atoms with van der Waals surface area (Å²) in [4.78, 5) is 53.9. The number of hydrogen-bond acceptors (Lipinski definition) is 8. The summed E-state index contributed by atoms with van der Waals surface area (Å²) >= 11 is 0. The van der Waals surface area contributed by atoms with Crippen LogP contribution in [0.4, 0.5) is 0 Å². The number of carbonyl (C=O) groups excluding carboxylic acids is 4. The fraction of sp³-hybridized carbons (Fsp3) is 0.645. The van der Waals surface area contributed by atoms with Crippen LogP contribution in [-0.4, -0.2) is 57.0 Å². The van der Waals surface area contributed by atoms with Crippen molar-refractivity contribution in [1.82, 2.24) is 10.3 Å². The number of aromatic nitrogens is 1. The third-order valence-corrected chi connectivity index (χ3v) is 10.6. The molecule has 1 aromatic rings. The van der Waals surface area contributed by atoms with Crippen molar-refractivity contribution in [3.63, 3.8) is 0 Å². The van der Waals surface area contributed by atoms with E-state index in [9.17, 15) is 29.4 Å². The second kappa shape index (κ2) is 10.8. The van der Waals surface area contributed by atoms with Crippen LogP contribution in [0.25, 0.3) is 0 Å². The predicted octanol–water partition coefficient (Wildman–Crippen LogP) is 2.82. The number of carbonyl (C=O) groups is 4. The Morgan fingerprint density at radius 1 is 1.15 bits per heavy atom. The smallest absolute Gasteiger partial charge is 0.306 e. The van der Waals surface area contributed by atoms with Gasteiger partial charge in [0, 0.05) is 37.2 Å². The van der Waals surface area contributed by atoms with E-state index < -0.39 is 35.5 Å². The molecule has 0 aromatic carbocycles. The van der Waals surface area contributed by atoms with Crippen molar-refractivity contribution < 1.29 is 34.1 Å². The Labute approximate surface area is 234 Å². The molecule has 0 bridgehead atoms. The van der Waals surface area contributed by atoms with Crippen LogP contribution in [0.5, 0.6) is 0 Å². The zero-order valence-electron chi connectivity index (χ0n) is 23.4. The summed E-state index contributed by atoms with van der Waals surface area (Å²) in [6.07, 6.45) is 8.12. The molecule has 0 saturated heterocycles. The second-order valence-electron chi connectivity index (χ2n) is 12.7. The molecule has 4 aliphatic carbocycles. The molecular weight excluding hydrogens is 512 g/mol. The van der Waals surface area contributed by atoms with E-state index in [0.717, 1.165) is 30.4 Å². The number of pyridine rings is 1. The van der Waals surface area contributed by atoms with Gasteiger partial charge in [-0.25, -0.2) is 0 Å². The van der Waals surface area contributed by atoms with E-state index in [1.165, 1.54) is 0 Å². The molecule has 0 aliphatic heterocycles. The molecule has 40 heavy (non-hydrogen) atoms. The third kappa shape index (κ3) is 4.91. The Hall–Kier alpha value is -2.91. The molecule has 3 N–H and O–H groups in total. The molecule has 5 rings (SSSR count). The van der Waals surface area contributed by atoms with Crippen molar-refractivity contribution in [1.29, 1.82) is 0 Å². The molecule has 4 aliphatic rings. The van der Waals surface area contributed by atoms with E-state index in [0.29, 0.717) is 19.4 Å². The minimum absolute atomic E-state index is 0.0155. The van der Waals surface area contributed by atoms with Crippen molar-refractivity contribution in [3.8, 4) is 0 Å². The highest BCUT2D eigenvalue weighted by Gasteiger charge is 2.68. The summed E-state index contributed by atoms with van der Waals surface area (Å²) in [6, 6.07) is 3.60. The fourth-order valence-electron chi connectivity index (χ4n) is 8.50. The Morgan fingerprint density at radius 2 is 1.95 bits per heavy atom. The van der Waals surface area contributed by atoms with Crippen LogP contribution < -0.4 is 5.32 Å². The molecule has 0 unspecified atom stereocenters. The van der Waals surface area contributed by atoms with Crippen molar-refractivity contribution in [2.45, 2.75) is 89.9 Å². The van der Waals surface area contributed by atoms with E-state index in [4.69, 9.17) is 4.74 Å². The first-order valence-electron chi connectivity index (χ1n) is 14.5. The van der Waals surface area contributed by atoms with Gasteiger partial charge in [-0.05, 0) is 79.4 Å². The number of esters is 1. The maximum absolute atomic E-state index is 13.4. The Kier molecular flexibility index (Phi) is 7.74. The highest BCUT2D eigenvalue weighted by Crippen LogP contribution is 2.67. The summed E-state index contributed by atoms with van der Waals surface area (Å²) in [5.41, 5.74) is -0.819. The van der Waals surface area contributed by atoms with E-state index in [1.54, 1.807) is 24.5 Å². The zero-order chi connectivity index (χ0) is 28.7. The van der Waals surface area contributed by atoms with Gasteiger partial charge >= 0.3 is 5.97 Å². The average molecular weight is 553 g/mol. The van der Waals surface area contributed by atoms with Crippen LogP contribution in [0.2, 0.25) is 0 Å². The molecule has 7 atom stereocenters. The molecule has 9 heteroatoms. The van der Waals surface area contributed by atoms with Gasteiger partial charge < -0.3 is 20.3 Å². The number of allylic oxidation sites excluding steroid dienone is 1. The number of Topliss-reactive ketones (excluding diaryl/α,β-unsaturated/α-hetero) is 1. The van der Waals surface area contributed by atoms with Gasteiger partial charge in [-0.3, -0.25) is 24.2 Å². The Morgan fingerprint density at radius 3 is 2.70 bits per heavy atom. The van der Waals surface area contributed by atoms with Gasteiger partial charge in [-0.15, -0.1) is 0 Å². The Balaban J connectivity index is 1.18. The first kappa shape index (κ1) is 28.6. The minimum atomic E-state index is -1.70. The van der Waals surface area contributed by atoms with Gasteiger partial charge in [0.1, 0.15) is 5.60 Å². The van der Waals surface area contributed by atoms with Crippen LogP contribution in [0, 0.1) is 28.6 Å². The Bertz CT molecular complexity index is 1220. The molecule has 1 aromatic heterocycles. The molecule has 1 heterocycles. The van der Waals surface area contributed by atoms with Crippen LogP contribution >= 0.6 is 0 Å². The lowest BCUT2D eigenvalue weighted by atomic mass is 9.45.